The number of aromatic amines is 1. The van der Waals surface area contributed by atoms with E-state index in [1.165, 1.54) is 12.6 Å². The zero-order valence-electron chi connectivity index (χ0n) is 19.8. The van der Waals surface area contributed by atoms with Gasteiger partial charge >= 0.3 is 0 Å². The van der Waals surface area contributed by atoms with Gasteiger partial charge in [0.25, 0.3) is 0 Å². The molecule has 4 rings (SSSR count). The summed E-state index contributed by atoms with van der Waals surface area (Å²) in [5.74, 6) is 0.432. The summed E-state index contributed by atoms with van der Waals surface area (Å²) in [6.07, 6.45) is 4.71. The van der Waals surface area contributed by atoms with Crippen molar-refractivity contribution in [2.45, 2.75) is 26.3 Å². The molecule has 4 aromatic rings. The van der Waals surface area contributed by atoms with Crippen LogP contribution in [0.2, 0.25) is 0 Å². The summed E-state index contributed by atoms with van der Waals surface area (Å²) in [5, 5.41) is 4.67. The van der Waals surface area contributed by atoms with Crippen LogP contribution in [0.3, 0.4) is 0 Å². The van der Waals surface area contributed by atoms with Crippen LogP contribution in [-0.2, 0) is 9.84 Å². The molecule has 11 heteroatoms. The van der Waals surface area contributed by atoms with Crippen molar-refractivity contribution in [1.29, 1.82) is 0 Å². The third-order valence-electron chi connectivity index (χ3n) is 5.77. The molecule has 0 aliphatic carbocycles. The first-order chi connectivity index (χ1) is 16.0. The summed E-state index contributed by atoms with van der Waals surface area (Å²) >= 11 is 0. The van der Waals surface area contributed by atoms with Crippen LogP contribution in [0.25, 0.3) is 16.4 Å². The first-order valence-corrected chi connectivity index (χ1v) is 12.8. The van der Waals surface area contributed by atoms with Crippen molar-refractivity contribution in [2.75, 3.05) is 32.7 Å². The molecule has 0 unspecified atom stereocenters. The zero-order chi connectivity index (χ0) is 24.6. The molecule has 1 atom stereocenters. The Bertz CT molecular complexity index is 1440. The van der Waals surface area contributed by atoms with E-state index in [2.05, 4.69) is 15.1 Å². The van der Waals surface area contributed by atoms with Crippen molar-refractivity contribution < 1.29 is 22.3 Å². The molecule has 182 valence electrons. The number of hydrogen-bond acceptors (Lipinski definition) is 7. The number of nitrogens with one attached hydrogen (secondary N) is 1. The third kappa shape index (κ3) is 5.00. The van der Waals surface area contributed by atoms with Gasteiger partial charge in [0.15, 0.2) is 11.6 Å². The molecule has 0 saturated heterocycles. The predicted octanol–water partition coefficient (Wildman–Crippen LogP) is 3.50. The summed E-state index contributed by atoms with van der Waals surface area (Å²) in [6.45, 7) is 4.00. The average Bonchev–Trinajstić information content (AvgIpc) is 3.29. The molecule has 9 nitrogen and oxygen atoms in total. The molecule has 0 saturated carbocycles. The molecule has 34 heavy (non-hydrogen) atoms. The molecular formula is C23H28FN5O4S. The lowest BCUT2D eigenvalue weighted by Crippen LogP contribution is -2.35. The Balaban J connectivity index is 1.59. The normalized spacial score (nSPS) is 13.1. The van der Waals surface area contributed by atoms with Gasteiger partial charge in [0.1, 0.15) is 34.0 Å². The van der Waals surface area contributed by atoms with Crippen LogP contribution in [0, 0.1) is 19.7 Å². The topological polar surface area (TPSA) is 102 Å². The number of sulfone groups is 1. The highest BCUT2D eigenvalue weighted by atomic mass is 32.2. The predicted molar refractivity (Wildman–Crippen MR) is 128 cm³/mol. The van der Waals surface area contributed by atoms with Crippen molar-refractivity contribution in [1.82, 2.24) is 24.5 Å². The van der Waals surface area contributed by atoms with E-state index in [0.717, 1.165) is 11.3 Å². The largest absolute Gasteiger partial charge is 0.490 e. The maximum atomic E-state index is 15.0. The second-order valence-electron chi connectivity index (χ2n) is 8.72. The van der Waals surface area contributed by atoms with Crippen molar-refractivity contribution in [3.05, 3.63) is 47.8 Å². The SMILES string of the molecule is Cc1cc2c(F)c(Oc3ncnn4cc(OC[C@@H](CCS(C)(=O)=O)N(C)C)c(C)c34)ccc2[nH]1. The van der Waals surface area contributed by atoms with E-state index in [1.807, 2.05) is 32.8 Å². The number of rotatable bonds is 9. The number of aryl methyl sites for hydroxylation is 2. The fourth-order valence-electron chi connectivity index (χ4n) is 3.82. The molecule has 0 aliphatic rings. The van der Waals surface area contributed by atoms with Gasteiger partial charge < -0.3 is 19.4 Å². The summed E-state index contributed by atoms with van der Waals surface area (Å²) in [7, 11) is 0.697. The van der Waals surface area contributed by atoms with Crippen LogP contribution >= 0.6 is 0 Å². The quantitative estimate of drug-likeness (QED) is 0.384. The van der Waals surface area contributed by atoms with Gasteiger partial charge in [-0.15, -0.1) is 0 Å². The Morgan fingerprint density at radius 3 is 2.71 bits per heavy atom. The van der Waals surface area contributed by atoms with Gasteiger partial charge in [0.2, 0.25) is 5.88 Å². The summed E-state index contributed by atoms with van der Waals surface area (Å²) in [6, 6.07) is 4.96. The Labute approximate surface area is 197 Å². The number of benzene rings is 1. The number of ether oxygens (including phenoxy) is 2. The van der Waals surface area contributed by atoms with Gasteiger partial charge in [0, 0.05) is 34.5 Å². The number of hydrogen-bond donors (Lipinski definition) is 1. The second-order valence-corrected chi connectivity index (χ2v) is 11.0. The van der Waals surface area contributed by atoms with Gasteiger partial charge in [0.05, 0.1) is 11.9 Å². The van der Waals surface area contributed by atoms with E-state index in [0.29, 0.717) is 35.2 Å². The Morgan fingerprint density at radius 2 is 2.00 bits per heavy atom. The Morgan fingerprint density at radius 1 is 1.24 bits per heavy atom. The standard InChI is InChI=1S/C23H28FN5O4S/c1-14-10-17-18(27-14)6-7-19(21(17)24)33-23-22-15(2)20(11-29(22)26-13-25-23)32-12-16(28(3)4)8-9-34(5,30)31/h6-7,10-11,13,16,27H,8-9,12H2,1-5H3/t16-/m1/s1. The smallest absolute Gasteiger partial charge is 0.247 e. The number of halogens is 1. The number of aromatic nitrogens is 4. The first-order valence-electron chi connectivity index (χ1n) is 10.8. The molecule has 1 N–H and O–H groups in total. The minimum atomic E-state index is -3.07. The molecule has 0 bridgehead atoms. The lowest BCUT2D eigenvalue weighted by Gasteiger charge is -2.24. The maximum absolute atomic E-state index is 15.0. The summed E-state index contributed by atoms with van der Waals surface area (Å²) < 4.78 is 51.7. The zero-order valence-corrected chi connectivity index (χ0v) is 20.6. The van der Waals surface area contributed by atoms with Crippen molar-refractivity contribution in [2.24, 2.45) is 0 Å². The molecule has 0 spiro atoms. The monoisotopic (exact) mass is 489 g/mol. The van der Waals surface area contributed by atoms with Crippen LogP contribution < -0.4 is 9.47 Å². The lowest BCUT2D eigenvalue weighted by atomic mass is 10.2. The van der Waals surface area contributed by atoms with Crippen LogP contribution in [0.15, 0.2) is 30.7 Å². The molecule has 3 aromatic heterocycles. The molecule has 0 radical (unpaired) electrons. The maximum Gasteiger partial charge on any atom is 0.247 e. The van der Waals surface area contributed by atoms with E-state index < -0.39 is 15.7 Å². The van der Waals surface area contributed by atoms with Crippen molar-refractivity contribution >= 4 is 26.3 Å². The number of fused-ring (bicyclic) bond motifs is 2. The second kappa shape index (κ2) is 9.22. The highest BCUT2D eigenvalue weighted by Crippen LogP contribution is 2.34. The van der Waals surface area contributed by atoms with Gasteiger partial charge in [-0.2, -0.15) is 10.1 Å². The Kier molecular flexibility index (Phi) is 6.50. The van der Waals surface area contributed by atoms with E-state index in [1.54, 1.807) is 28.9 Å². The first kappa shape index (κ1) is 24.0. The van der Waals surface area contributed by atoms with E-state index in [9.17, 15) is 8.42 Å². The van der Waals surface area contributed by atoms with Crippen LogP contribution in [0.5, 0.6) is 17.4 Å². The van der Waals surface area contributed by atoms with Crippen molar-refractivity contribution in [3.63, 3.8) is 0 Å². The van der Waals surface area contributed by atoms with Gasteiger partial charge in [-0.3, -0.25) is 0 Å². The van der Waals surface area contributed by atoms with Gasteiger partial charge in [-0.1, -0.05) is 0 Å². The summed E-state index contributed by atoms with van der Waals surface area (Å²) in [5.41, 5.74) is 2.83. The van der Waals surface area contributed by atoms with E-state index in [4.69, 9.17) is 9.47 Å². The molecule has 0 aliphatic heterocycles. The number of likely N-dealkylation sites (N-methyl/N-ethyl adjacent to an activating group) is 1. The fraction of sp³-hybridized carbons (Fsp3) is 0.391. The highest BCUT2D eigenvalue weighted by molar-refractivity contribution is 7.90. The van der Waals surface area contributed by atoms with Crippen LogP contribution in [0.4, 0.5) is 4.39 Å². The fourth-order valence-corrected chi connectivity index (χ4v) is 4.52. The molecule has 3 heterocycles. The average molecular weight is 490 g/mol. The molecule has 1 aromatic carbocycles. The van der Waals surface area contributed by atoms with E-state index in [-0.39, 0.29) is 23.4 Å². The van der Waals surface area contributed by atoms with Crippen molar-refractivity contribution in [3.8, 4) is 17.4 Å². The lowest BCUT2D eigenvalue weighted by molar-refractivity contribution is 0.181. The van der Waals surface area contributed by atoms with Crippen LogP contribution in [-0.4, -0.2) is 71.7 Å². The van der Waals surface area contributed by atoms with Crippen LogP contribution in [0.1, 0.15) is 17.7 Å². The van der Waals surface area contributed by atoms with Gasteiger partial charge in [-0.25, -0.2) is 17.3 Å². The Hall–Kier alpha value is -3.18. The minimum absolute atomic E-state index is 0.0589. The minimum Gasteiger partial charge on any atom is -0.490 e. The third-order valence-corrected chi connectivity index (χ3v) is 6.75. The van der Waals surface area contributed by atoms with Gasteiger partial charge in [-0.05, 0) is 52.6 Å². The molecule has 0 fully saturated rings. The molecular weight excluding hydrogens is 461 g/mol. The number of H-pyrrole nitrogens is 1. The summed E-state index contributed by atoms with van der Waals surface area (Å²) in [4.78, 5) is 9.26. The number of nitrogens with zero attached hydrogens (tertiary/aromatic N) is 4. The molecule has 0 amide bonds. The van der Waals surface area contributed by atoms with E-state index >= 15 is 4.39 Å². The highest BCUT2D eigenvalue weighted by Gasteiger charge is 2.20.